The summed E-state index contributed by atoms with van der Waals surface area (Å²) >= 11 is 3.15. The van der Waals surface area contributed by atoms with Gasteiger partial charge in [-0.05, 0) is 58.7 Å². The number of hydrogen-bond acceptors (Lipinski definition) is 3. The number of anilines is 1. The SMILES string of the molecule is CC1(c2cccc(NC(=O)c3ccc(F)cc3Br)c2)NC(=O)NC1=O. The van der Waals surface area contributed by atoms with Crippen molar-refractivity contribution in [3.05, 3.63) is 63.9 Å². The van der Waals surface area contributed by atoms with Gasteiger partial charge in [-0.25, -0.2) is 9.18 Å². The van der Waals surface area contributed by atoms with Crippen molar-refractivity contribution in [1.29, 1.82) is 0 Å². The number of nitrogens with one attached hydrogen (secondary N) is 3. The van der Waals surface area contributed by atoms with E-state index in [2.05, 4.69) is 31.9 Å². The molecule has 0 aliphatic carbocycles. The molecule has 1 atom stereocenters. The molecule has 1 aliphatic rings. The summed E-state index contributed by atoms with van der Waals surface area (Å²) in [6.45, 7) is 1.57. The molecule has 1 aliphatic heterocycles. The van der Waals surface area contributed by atoms with E-state index < -0.39 is 29.2 Å². The summed E-state index contributed by atoms with van der Waals surface area (Å²) in [4.78, 5) is 35.8. The summed E-state index contributed by atoms with van der Waals surface area (Å²) in [6.07, 6.45) is 0. The van der Waals surface area contributed by atoms with Crippen LogP contribution in [0.2, 0.25) is 0 Å². The summed E-state index contributed by atoms with van der Waals surface area (Å²) in [5, 5.41) is 7.44. The molecule has 1 saturated heterocycles. The van der Waals surface area contributed by atoms with Gasteiger partial charge in [0.2, 0.25) is 0 Å². The summed E-state index contributed by atoms with van der Waals surface area (Å²) in [6, 6.07) is 9.77. The maximum Gasteiger partial charge on any atom is 0.322 e. The molecule has 4 amide bonds. The Bertz CT molecular complexity index is 902. The number of halogens is 2. The Hall–Kier alpha value is -2.74. The molecule has 25 heavy (non-hydrogen) atoms. The lowest BCUT2D eigenvalue weighted by Crippen LogP contribution is -2.40. The molecule has 1 fully saturated rings. The van der Waals surface area contributed by atoms with Crippen LogP contribution in [0.4, 0.5) is 14.9 Å². The molecule has 1 heterocycles. The molecule has 1 unspecified atom stereocenters. The van der Waals surface area contributed by atoms with Crippen LogP contribution in [-0.4, -0.2) is 17.8 Å². The van der Waals surface area contributed by atoms with E-state index in [1.807, 2.05) is 0 Å². The van der Waals surface area contributed by atoms with Gasteiger partial charge >= 0.3 is 6.03 Å². The van der Waals surface area contributed by atoms with Crippen molar-refractivity contribution in [1.82, 2.24) is 10.6 Å². The van der Waals surface area contributed by atoms with E-state index >= 15 is 0 Å². The van der Waals surface area contributed by atoms with Gasteiger partial charge in [0.25, 0.3) is 11.8 Å². The Labute approximate surface area is 150 Å². The van der Waals surface area contributed by atoms with Gasteiger partial charge in [0, 0.05) is 10.2 Å². The summed E-state index contributed by atoms with van der Waals surface area (Å²) in [7, 11) is 0. The van der Waals surface area contributed by atoms with Crippen LogP contribution in [0.1, 0.15) is 22.8 Å². The zero-order chi connectivity index (χ0) is 18.2. The molecule has 6 nitrogen and oxygen atoms in total. The van der Waals surface area contributed by atoms with Crippen LogP contribution in [-0.2, 0) is 10.3 Å². The molecular formula is C17H13BrFN3O3. The van der Waals surface area contributed by atoms with Crippen LogP contribution in [0, 0.1) is 5.82 Å². The van der Waals surface area contributed by atoms with Gasteiger partial charge in [-0.2, -0.15) is 0 Å². The van der Waals surface area contributed by atoms with Crippen molar-refractivity contribution in [2.45, 2.75) is 12.5 Å². The molecule has 0 radical (unpaired) electrons. The van der Waals surface area contributed by atoms with Gasteiger partial charge < -0.3 is 10.6 Å². The van der Waals surface area contributed by atoms with E-state index in [-0.39, 0.29) is 5.56 Å². The second-order valence-electron chi connectivity index (χ2n) is 5.69. The average Bonchev–Trinajstić information content (AvgIpc) is 2.81. The van der Waals surface area contributed by atoms with Crippen molar-refractivity contribution >= 4 is 39.5 Å². The molecule has 2 aromatic rings. The first-order chi connectivity index (χ1) is 11.8. The molecule has 0 spiro atoms. The Morgan fingerprint density at radius 3 is 2.60 bits per heavy atom. The Balaban J connectivity index is 1.86. The first kappa shape index (κ1) is 17.1. The standard InChI is InChI=1S/C17H13BrFN3O3/c1-17(15(24)21-16(25)22-17)9-3-2-4-11(7-9)20-14(23)12-6-5-10(19)8-13(12)18/h2-8H,1H3,(H,20,23)(H2,21,22,24,25). The smallest absolute Gasteiger partial charge is 0.322 e. The highest BCUT2D eigenvalue weighted by Gasteiger charge is 2.43. The van der Waals surface area contributed by atoms with Gasteiger partial charge in [0.05, 0.1) is 5.56 Å². The van der Waals surface area contributed by atoms with Crippen LogP contribution in [0.15, 0.2) is 46.9 Å². The first-order valence-electron chi connectivity index (χ1n) is 7.30. The number of carbonyl (C=O) groups excluding carboxylic acids is 3. The van der Waals surface area contributed by atoms with E-state index in [1.54, 1.807) is 31.2 Å². The molecule has 0 bridgehead atoms. The second-order valence-corrected chi connectivity index (χ2v) is 6.55. The second kappa shape index (κ2) is 6.29. The third kappa shape index (κ3) is 3.25. The number of rotatable bonds is 3. The first-order valence-corrected chi connectivity index (χ1v) is 8.09. The molecular weight excluding hydrogens is 393 g/mol. The van der Waals surface area contributed by atoms with Gasteiger partial charge in [0.1, 0.15) is 11.4 Å². The highest BCUT2D eigenvalue weighted by atomic mass is 79.9. The molecule has 0 aromatic heterocycles. The van der Waals surface area contributed by atoms with E-state index in [4.69, 9.17) is 0 Å². The third-order valence-electron chi connectivity index (χ3n) is 3.92. The Morgan fingerprint density at radius 1 is 1.20 bits per heavy atom. The minimum atomic E-state index is -1.21. The van der Waals surface area contributed by atoms with Gasteiger partial charge in [-0.15, -0.1) is 0 Å². The van der Waals surface area contributed by atoms with Gasteiger partial charge in [-0.3, -0.25) is 14.9 Å². The normalized spacial score (nSPS) is 19.3. The van der Waals surface area contributed by atoms with Crippen LogP contribution in [0.5, 0.6) is 0 Å². The highest BCUT2D eigenvalue weighted by molar-refractivity contribution is 9.10. The third-order valence-corrected chi connectivity index (χ3v) is 4.57. The fraction of sp³-hybridized carbons (Fsp3) is 0.118. The lowest BCUT2D eigenvalue weighted by Gasteiger charge is -2.21. The number of urea groups is 1. The number of amides is 4. The van der Waals surface area contributed by atoms with Gasteiger partial charge in [0.15, 0.2) is 0 Å². The highest BCUT2D eigenvalue weighted by Crippen LogP contribution is 2.27. The van der Waals surface area contributed by atoms with Crippen LogP contribution < -0.4 is 16.0 Å². The predicted molar refractivity (Wildman–Crippen MR) is 92.5 cm³/mol. The van der Waals surface area contributed by atoms with Crippen LogP contribution in [0.3, 0.4) is 0 Å². The minimum absolute atomic E-state index is 0.268. The maximum absolute atomic E-state index is 13.1. The Morgan fingerprint density at radius 2 is 1.96 bits per heavy atom. The molecule has 128 valence electrons. The van der Waals surface area contributed by atoms with Crippen molar-refractivity contribution in [2.24, 2.45) is 0 Å². The predicted octanol–water partition coefficient (Wildman–Crippen LogP) is 2.90. The zero-order valence-corrected chi connectivity index (χ0v) is 14.6. The molecule has 3 N–H and O–H groups in total. The molecule has 2 aromatic carbocycles. The Kier molecular flexibility index (Phi) is 4.30. The van der Waals surface area contributed by atoms with E-state index in [0.29, 0.717) is 15.7 Å². The summed E-state index contributed by atoms with van der Waals surface area (Å²) in [5.41, 5.74) is 0.0134. The van der Waals surface area contributed by atoms with Crippen LogP contribution in [0.25, 0.3) is 0 Å². The number of carbonyl (C=O) groups is 3. The fourth-order valence-electron chi connectivity index (χ4n) is 2.53. The summed E-state index contributed by atoms with van der Waals surface area (Å²) in [5.74, 6) is -1.36. The maximum atomic E-state index is 13.1. The number of benzene rings is 2. The van der Waals surface area contributed by atoms with Crippen molar-refractivity contribution in [3.63, 3.8) is 0 Å². The summed E-state index contributed by atoms with van der Waals surface area (Å²) < 4.78 is 13.5. The molecule has 0 saturated carbocycles. The quantitative estimate of drug-likeness (QED) is 0.686. The van der Waals surface area contributed by atoms with E-state index in [1.165, 1.54) is 18.2 Å². The van der Waals surface area contributed by atoms with E-state index in [9.17, 15) is 18.8 Å². The zero-order valence-electron chi connectivity index (χ0n) is 13.0. The van der Waals surface area contributed by atoms with Gasteiger partial charge in [-0.1, -0.05) is 12.1 Å². The number of hydrogen-bond donors (Lipinski definition) is 3. The lowest BCUT2D eigenvalue weighted by atomic mass is 9.92. The molecule has 3 rings (SSSR count). The topological polar surface area (TPSA) is 87.3 Å². The fourth-order valence-corrected chi connectivity index (χ4v) is 3.06. The van der Waals surface area contributed by atoms with E-state index in [0.717, 1.165) is 0 Å². The molecule has 8 heteroatoms. The van der Waals surface area contributed by atoms with Crippen molar-refractivity contribution in [3.8, 4) is 0 Å². The van der Waals surface area contributed by atoms with Crippen molar-refractivity contribution < 1.29 is 18.8 Å². The lowest BCUT2D eigenvalue weighted by molar-refractivity contribution is -0.123. The minimum Gasteiger partial charge on any atom is -0.322 e. The van der Waals surface area contributed by atoms with Crippen molar-refractivity contribution in [2.75, 3.05) is 5.32 Å². The largest absolute Gasteiger partial charge is 0.322 e. The number of imide groups is 1. The monoisotopic (exact) mass is 405 g/mol. The van der Waals surface area contributed by atoms with Crippen LogP contribution >= 0.6 is 15.9 Å². The average molecular weight is 406 g/mol.